The van der Waals surface area contributed by atoms with E-state index in [1.54, 1.807) is 36.6 Å². The van der Waals surface area contributed by atoms with E-state index in [4.69, 9.17) is 4.42 Å². The summed E-state index contributed by atoms with van der Waals surface area (Å²) in [5.74, 6) is -0.109. The Morgan fingerprint density at radius 3 is 2.72 bits per heavy atom. The molecule has 0 fully saturated rings. The molecule has 3 N–H and O–H groups in total. The number of thiazole rings is 1. The fourth-order valence-corrected chi connectivity index (χ4v) is 3.60. The lowest BCUT2D eigenvalue weighted by atomic mass is 10.1. The largest absolute Gasteiger partial charge is 0.469 e. The van der Waals surface area contributed by atoms with Crippen LogP contribution in [-0.2, 0) is 17.8 Å². The third kappa shape index (κ3) is 6.27. The van der Waals surface area contributed by atoms with E-state index in [1.165, 1.54) is 17.6 Å². The van der Waals surface area contributed by atoms with Crippen molar-refractivity contribution in [1.82, 2.24) is 15.6 Å². The summed E-state index contributed by atoms with van der Waals surface area (Å²) < 4.78 is 5.13. The van der Waals surface area contributed by atoms with Crippen molar-refractivity contribution < 1.29 is 18.8 Å². The van der Waals surface area contributed by atoms with Crippen LogP contribution >= 0.6 is 11.3 Å². The van der Waals surface area contributed by atoms with Crippen LogP contribution in [0.15, 0.2) is 46.4 Å². The summed E-state index contributed by atoms with van der Waals surface area (Å²) in [6.07, 6.45) is 2.40. The van der Waals surface area contributed by atoms with Gasteiger partial charge < -0.3 is 15.1 Å². The predicted molar refractivity (Wildman–Crippen MR) is 123 cm³/mol. The van der Waals surface area contributed by atoms with E-state index >= 15 is 0 Å². The predicted octanol–water partition coefficient (Wildman–Crippen LogP) is 3.68. The van der Waals surface area contributed by atoms with E-state index < -0.39 is 0 Å². The molecule has 168 valence electrons. The first-order valence-corrected chi connectivity index (χ1v) is 11.2. The highest BCUT2D eigenvalue weighted by Gasteiger charge is 2.15. The van der Waals surface area contributed by atoms with Crippen molar-refractivity contribution in [2.75, 3.05) is 5.32 Å². The number of anilines is 1. The maximum absolute atomic E-state index is 12.3. The van der Waals surface area contributed by atoms with Gasteiger partial charge in [0.25, 0.3) is 11.8 Å². The molecule has 9 heteroatoms. The minimum Gasteiger partial charge on any atom is -0.469 e. The van der Waals surface area contributed by atoms with Crippen molar-refractivity contribution in [3.63, 3.8) is 0 Å². The zero-order chi connectivity index (χ0) is 23.1. The SMILES string of the molecule is CCC(C)NC(=O)c1cccc(CNC(=O)Cc2csc(NC(=O)c3ccoc3C)n2)c1. The molecular formula is C23H26N4O4S. The third-order valence-corrected chi connectivity index (χ3v) is 5.69. The molecule has 32 heavy (non-hydrogen) atoms. The summed E-state index contributed by atoms with van der Waals surface area (Å²) in [6, 6.07) is 8.86. The van der Waals surface area contributed by atoms with Gasteiger partial charge in [-0.25, -0.2) is 4.98 Å². The minimum atomic E-state index is -0.307. The number of aromatic nitrogens is 1. The van der Waals surface area contributed by atoms with E-state index in [9.17, 15) is 14.4 Å². The van der Waals surface area contributed by atoms with Crippen molar-refractivity contribution in [2.24, 2.45) is 0 Å². The van der Waals surface area contributed by atoms with Gasteiger partial charge in [-0.2, -0.15) is 0 Å². The molecule has 0 aliphatic heterocycles. The van der Waals surface area contributed by atoms with E-state index in [1.807, 2.05) is 19.9 Å². The highest BCUT2D eigenvalue weighted by atomic mass is 32.1. The zero-order valence-electron chi connectivity index (χ0n) is 18.2. The summed E-state index contributed by atoms with van der Waals surface area (Å²) in [4.78, 5) is 41.1. The molecule has 0 radical (unpaired) electrons. The smallest absolute Gasteiger partial charge is 0.260 e. The van der Waals surface area contributed by atoms with Gasteiger partial charge in [-0.1, -0.05) is 19.1 Å². The van der Waals surface area contributed by atoms with E-state index in [-0.39, 0.29) is 30.2 Å². The highest BCUT2D eigenvalue weighted by molar-refractivity contribution is 7.14. The maximum atomic E-state index is 12.3. The second-order valence-corrected chi connectivity index (χ2v) is 8.28. The van der Waals surface area contributed by atoms with Crippen LogP contribution in [-0.4, -0.2) is 28.7 Å². The molecule has 1 atom stereocenters. The van der Waals surface area contributed by atoms with Crippen LogP contribution in [0.5, 0.6) is 0 Å². The summed E-state index contributed by atoms with van der Waals surface area (Å²) >= 11 is 1.25. The van der Waals surface area contributed by atoms with Crippen LogP contribution in [0.2, 0.25) is 0 Å². The van der Waals surface area contributed by atoms with Gasteiger partial charge in [0.1, 0.15) is 5.76 Å². The summed E-state index contributed by atoms with van der Waals surface area (Å²) in [5, 5.41) is 10.6. The highest BCUT2D eigenvalue weighted by Crippen LogP contribution is 2.18. The lowest BCUT2D eigenvalue weighted by molar-refractivity contribution is -0.120. The lowest BCUT2D eigenvalue weighted by Gasteiger charge is -2.12. The van der Waals surface area contributed by atoms with Crippen LogP contribution < -0.4 is 16.0 Å². The maximum Gasteiger partial charge on any atom is 0.260 e. The topological polar surface area (TPSA) is 113 Å². The molecule has 3 amide bonds. The van der Waals surface area contributed by atoms with Crippen molar-refractivity contribution in [3.05, 3.63) is 70.1 Å². The Kier molecular flexibility index (Phi) is 7.77. The molecule has 1 unspecified atom stereocenters. The van der Waals surface area contributed by atoms with Gasteiger partial charge in [-0.05, 0) is 44.0 Å². The average molecular weight is 455 g/mol. The Labute approximate surface area is 190 Å². The van der Waals surface area contributed by atoms with Gasteiger partial charge in [0.2, 0.25) is 5.91 Å². The van der Waals surface area contributed by atoms with E-state index in [0.717, 1.165) is 12.0 Å². The van der Waals surface area contributed by atoms with Gasteiger partial charge in [0.05, 0.1) is 23.9 Å². The first-order chi connectivity index (χ1) is 15.4. The van der Waals surface area contributed by atoms with E-state index in [0.29, 0.717) is 34.3 Å². The molecule has 0 saturated heterocycles. The molecule has 3 aromatic rings. The zero-order valence-corrected chi connectivity index (χ0v) is 19.0. The molecular weight excluding hydrogens is 428 g/mol. The van der Waals surface area contributed by atoms with Crippen LogP contribution in [0, 0.1) is 6.92 Å². The third-order valence-electron chi connectivity index (χ3n) is 4.89. The quantitative estimate of drug-likeness (QED) is 0.456. The van der Waals surface area contributed by atoms with E-state index in [2.05, 4.69) is 20.9 Å². The fourth-order valence-electron chi connectivity index (χ4n) is 2.89. The summed E-state index contributed by atoms with van der Waals surface area (Å²) in [5.41, 5.74) is 2.40. The number of nitrogens with one attached hydrogen (secondary N) is 3. The number of carbonyl (C=O) groups is 3. The lowest BCUT2D eigenvalue weighted by Crippen LogP contribution is -2.32. The number of furan rings is 1. The first-order valence-electron chi connectivity index (χ1n) is 10.3. The van der Waals surface area contributed by atoms with Crippen LogP contribution in [0.25, 0.3) is 0 Å². The molecule has 1 aromatic carbocycles. The number of amides is 3. The van der Waals surface area contributed by atoms with Gasteiger partial charge in [-0.3, -0.25) is 19.7 Å². The monoisotopic (exact) mass is 454 g/mol. The molecule has 0 saturated carbocycles. The Morgan fingerprint density at radius 1 is 1.19 bits per heavy atom. The minimum absolute atomic E-state index is 0.0886. The molecule has 0 bridgehead atoms. The molecule has 2 aromatic heterocycles. The molecule has 2 heterocycles. The molecule has 8 nitrogen and oxygen atoms in total. The van der Waals surface area contributed by atoms with Crippen molar-refractivity contribution in [3.8, 4) is 0 Å². The Morgan fingerprint density at radius 2 is 2.00 bits per heavy atom. The van der Waals surface area contributed by atoms with Gasteiger partial charge >= 0.3 is 0 Å². The Balaban J connectivity index is 1.50. The second-order valence-electron chi connectivity index (χ2n) is 7.43. The molecule has 0 spiro atoms. The van der Waals surface area contributed by atoms with Crippen LogP contribution in [0.3, 0.4) is 0 Å². The van der Waals surface area contributed by atoms with Gasteiger partial charge in [-0.15, -0.1) is 11.3 Å². The number of carbonyl (C=O) groups excluding carboxylic acids is 3. The first kappa shape index (κ1) is 23.2. The number of benzene rings is 1. The van der Waals surface area contributed by atoms with Crippen LogP contribution in [0.4, 0.5) is 5.13 Å². The number of hydrogen-bond acceptors (Lipinski definition) is 6. The normalized spacial score (nSPS) is 11.6. The molecule has 0 aliphatic rings. The Bertz CT molecular complexity index is 1100. The van der Waals surface area contributed by atoms with Gasteiger partial charge in [0.15, 0.2) is 5.13 Å². The average Bonchev–Trinajstić information content (AvgIpc) is 3.40. The van der Waals surface area contributed by atoms with Gasteiger partial charge in [0, 0.05) is 23.5 Å². The summed E-state index contributed by atoms with van der Waals surface area (Å²) in [6.45, 7) is 5.98. The van der Waals surface area contributed by atoms with Crippen molar-refractivity contribution in [1.29, 1.82) is 0 Å². The number of aryl methyl sites for hydroxylation is 1. The number of rotatable bonds is 9. The fraction of sp³-hybridized carbons (Fsp3) is 0.304. The van der Waals surface area contributed by atoms with Crippen LogP contribution in [0.1, 0.15) is 58.0 Å². The summed E-state index contributed by atoms with van der Waals surface area (Å²) in [7, 11) is 0. The van der Waals surface area contributed by atoms with Crippen molar-refractivity contribution >= 4 is 34.2 Å². The number of hydrogen-bond donors (Lipinski definition) is 3. The Hall–Kier alpha value is -3.46. The number of nitrogens with zero attached hydrogens (tertiary/aromatic N) is 1. The molecule has 3 rings (SSSR count). The second kappa shape index (κ2) is 10.7. The molecule has 0 aliphatic carbocycles. The van der Waals surface area contributed by atoms with Crippen molar-refractivity contribution in [2.45, 2.75) is 46.2 Å². The standard InChI is InChI=1S/C23H26N4O4S/c1-4-14(2)25-21(29)17-7-5-6-16(10-17)12-24-20(28)11-18-13-32-23(26-18)27-22(30)19-8-9-31-15(19)3/h5-10,13-14H,4,11-12H2,1-3H3,(H,24,28)(H,25,29)(H,26,27,30).